The standard InChI is InChI=1S/C18H32N4O2/c23-17(22-12-10-15-8-9-16(13-22)20-15)7-4-11-19-18(24)21-14-5-2-1-3-6-14/h14-16,20H,1-13H2,(H2,19,21,24). The smallest absolute Gasteiger partial charge is 0.315 e. The number of carbonyl (C=O) groups is 2. The van der Waals surface area contributed by atoms with E-state index in [9.17, 15) is 9.59 Å². The van der Waals surface area contributed by atoms with E-state index in [4.69, 9.17) is 0 Å². The molecular weight excluding hydrogens is 304 g/mol. The van der Waals surface area contributed by atoms with E-state index < -0.39 is 0 Å². The zero-order chi connectivity index (χ0) is 16.8. The van der Waals surface area contributed by atoms with Crippen LogP contribution in [-0.4, -0.2) is 54.6 Å². The van der Waals surface area contributed by atoms with Gasteiger partial charge in [0.15, 0.2) is 0 Å². The molecular formula is C18H32N4O2. The highest BCUT2D eigenvalue weighted by atomic mass is 16.2. The highest BCUT2D eigenvalue weighted by molar-refractivity contribution is 5.76. The molecule has 3 rings (SSSR count). The summed E-state index contributed by atoms with van der Waals surface area (Å²) in [5.41, 5.74) is 0. The van der Waals surface area contributed by atoms with Crippen LogP contribution in [0.5, 0.6) is 0 Å². The monoisotopic (exact) mass is 336 g/mol. The van der Waals surface area contributed by atoms with E-state index in [1.807, 2.05) is 4.90 Å². The van der Waals surface area contributed by atoms with Crippen LogP contribution in [0.15, 0.2) is 0 Å². The molecule has 0 radical (unpaired) electrons. The minimum Gasteiger partial charge on any atom is -0.341 e. The predicted molar refractivity (Wildman–Crippen MR) is 93.8 cm³/mol. The first kappa shape index (κ1) is 17.5. The largest absolute Gasteiger partial charge is 0.341 e. The summed E-state index contributed by atoms with van der Waals surface area (Å²) in [6.45, 7) is 2.30. The Balaban J connectivity index is 1.28. The van der Waals surface area contributed by atoms with Crippen LogP contribution >= 0.6 is 0 Å². The number of nitrogens with zero attached hydrogens (tertiary/aromatic N) is 1. The summed E-state index contributed by atoms with van der Waals surface area (Å²) in [5, 5.41) is 9.54. The highest BCUT2D eigenvalue weighted by Gasteiger charge is 2.30. The van der Waals surface area contributed by atoms with Crippen molar-refractivity contribution in [1.82, 2.24) is 20.9 Å². The third-order valence-corrected chi connectivity index (χ3v) is 5.67. The van der Waals surface area contributed by atoms with Gasteiger partial charge in [0, 0.05) is 44.2 Å². The molecule has 2 atom stereocenters. The Morgan fingerprint density at radius 1 is 1.00 bits per heavy atom. The summed E-state index contributed by atoms with van der Waals surface area (Å²) in [4.78, 5) is 26.2. The van der Waals surface area contributed by atoms with Crippen molar-refractivity contribution in [2.24, 2.45) is 0 Å². The quantitative estimate of drug-likeness (QED) is 0.670. The molecule has 2 unspecified atom stereocenters. The van der Waals surface area contributed by atoms with E-state index in [1.165, 1.54) is 32.1 Å². The molecule has 0 aromatic heterocycles. The van der Waals surface area contributed by atoms with Gasteiger partial charge in [-0.05, 0) is 38.5 Å². The van der Waals surface area contributed by atoms with Gasteiger partial charge in [-0.3, -0.25) is 4.79 Å². The highest BCUT2D eigenvalue weighted by Crippen LogP contribution is 2.21. The molecule has 6 nitrogen and oxygen atoms in total. The summed E-state index contributed by atoms with van der Waals surface area (Å²) in [6, 6.07) is 1.35. The van der Waals surface area contributed by atoms with Gasteiger partial charge in [-0.1, -0.05) is 19.3 Å². The molecule has 1 saturated carbocycles. The van der Waals surface area contributed by atoms with Gasteiger partial charge in [-0.25, -0.2) is 4.79 Å². The van der Waals surface area contributed by atoms with E-state index in [0.29, 0.717) is 31.1 Å². The number of likely N-dealkylation sites (tertiary alicyclic amines) is 1. The molecule has 2 bridgehead atoms. The maximum Gasteiger partial charge on any atom is 0.315 e. The van der Waals surface area contributed by atoms with Gasteiger partial charge < -0.3 is 20.9 Å². The first-order valence-electron chi connectivity index (χ1n) is 9.79. The van der Waals surface area contributed by atoms with Crippen molar-refractivity contribution in [1.29, 1.82) is 0 Å². The van der Waals surface area contributed by atoms with Crippen LogP contribution in [0.1, 0.15) is 64.2 Å². The molecule has 0 spiro atoms. The Labute approximate surface area is 145 Å². The summed E-state index contributed by atoms with van der Waals surface area (Å²) < 4.78 is 0. The Hall–Kier alpha value is -1.30. The number of nitrogens with one attached hydrogen (secondary N) is 3. The van der Waals surface area contributed by atoms with Gasteiger partial charge in [0.05, 0.1) is 0 Å². The van der Waals surface area contributed by atoms with E-state index >= 15 is 0 Å². The molecule has 3 amide bonds. The second kappa shape index (κ2) is 8.70. The minimum atomic E-state index is -0.0781. The molecule has 3 N–H and O–H groups in total. The summed E-state index contributed by atoms with van der Waals surface area (Å²) in [5.74, 6) is 0.235. The fourth-order valence-electron chi connectivity index (χ4n) is 4.25. The maximum absolute atomic E-state index is 12.4. The van der Waals surface area contributed by atoms with Crippen molar-refractivity contribution in [3.05, 3.63) is 0 Å². The minimum absolute atomic E-state index is 0.0781. The Morgan fingerprint density at radius 2 is 1.79 bits per heavy atom. The first-order chi connectivity index (χ1) is 11.7. The van der Waals surface area contributed by atoms with Crippen LogP contribution in [0.25, 0.3) is 0 Å². The molecule has 2 saturated heterocycles. The third kappa shape index (κ3) is 5.10. The Morgan fingerprint density at radius 3 is 2.62 bits per heavy atom. The number of rotatable bonds is 5. The lowest BCUT2D eigenvalue weighted by Gasteiger charge is -2.24. The van der Waals surface area contributed by atoms with Gasteiger partial charge >= 0.3 is 6.03 Å². The van der Waals surface area contributed by atoms with E-state index in [1.54, 1.807) is 0 Å². The van der Waals surface area contributed by atoms with Crippen LogP contribution < -0.4 is 16.0 Å². The van der Waals surface area contributed by atoms with Gasteiger partial charge in [-0.2, -0.15) is 0 Å². The van der Waals surface area contributed by atoms with Crippen LogP contribution in [0.4, 0.5) is 4.79 Å². The zero-order valence-electron chi connectivity index (χ0n) is 14.7. The van der Waals surface area contributed by atoms with Crippen molar-refractivity contribution in [3.63, 3.8) is 0 Å². The van der Waals surface area contributed by atoms with Gasteiger partial charge in [-0.15, -0.1) is 0 Å². The maximum atomic E-state index is 12.4. The fraction of sp³-hybridized carbons (Fsp3) is 0.889. The summed E-state index contributed by atoms with van der Waals surface area (Å²) in [7, 11) is 0. The molecule has 1 aliphatic carbocycles. The number of fused-ring (bicyclic) bond motifs is 2. The van der Waals surface area contributed by atoms with Crippen molar-refractivity contribution in [2.75, 3.05) is 19.6 Å². The van der Waals surface area contributed by atoms with Crippen molar-refractivity contribution < 1.29 is 9.59 Å². The number of hydrogen-bond donors (Lipinski definition) is 3. The van der Waals surface area contributed by atoms with E-state index in [0.717, 1.165) is 38.8 Å². The summed E-state index contributed by atoms with van der Waals surface area (Å²) >= 11 is 0. The normalized spacial score (nSPS) is 27.6. The Bertz CT molecular complexity index is 437. The molecule has 0 aromatic carbocycles. The molecule has 0 aromatic rings. The first-order valence-corrected chi connectivity index (χ1v) is 9.79. The van der Waals surface area contributed by atoms with E-state index in [-0.39, 0.29) is 11.9 Å². The molecule has 3 aliphatic rings. The summed E-state index contributed by atoms with van der Waals surface area (Å²) in [6.07, 6.45) is 10.7. The lowest BCUT2D eigenvalue weighted by atomic mass is 9.96. The third-order valence-electron chi connectivity index (χ3n) is 5.67. The SMILES string of the molecule is O=C(NCCCC(=O)N1CCC2CCC(C1)N2)NC1CCCCC1. The number of carbonyl (C=O) groups excluding carboxylic acids is 2. The lowest BCUT2D eigenvalue weighted by Crippen LogP contribution is -2.43. The number of hydrogen-bond acceptors (Lipinski definition) is 3. The number of urea groups is 1. The number of amides is 3. The topological polar surface area (TPSA) is 73.5 Å². The molecule has 6 heteroatoms. The zero-order valence-corrected chi connectivity index (χ0v) is 14.7. The molecule has 2 heterocycles. The van der Waals surface area contributed by atoms with Gasteiger partial charge in [0.25, 0.3) is 0 Å². The molecule has 2 aliphatic heterocycles. The van der Waals surface area contributed by atoms with Crippen molar-refractivity contribution in [2.45, 2.75) is 82.3 Å². The second-order valence-electron chi connectivity index (χ2n) is 7.61. The molecule has 3 fully saturated rings. The van der Waals surface area contributed by atoms with Crippen LogP contribution in [0, 0.1) is 0 Å². The second-order valence-corrected chi connectivity index (χ2v) is 7.61. The fourth-order valence-corrected chi connectivity index (χ4v) is 4.25. The average Bonchev–Trinajstić information content (AvgIpc) is 2.91. The Kier molecular flexibility index (Phi) is 6.35. The van der Waals surface area contributed by atoms with Crippen LogP contribution in [-0.2, 0) is 4.79 Å². The van der Waals surface area contributed by atoms with Crippen molar-refractivity contribution in [3.8, 4) is 0 Å². The predicted octanol–water partition coefficient (Wildman–Crippen LogP) is 1.75. The van der Waals surface area contributed by atoms with Gasteiger partial charge in [0.2, 0.25) is 5.91 Å². The molecule has 136 valence electrons. The van der Waals surface area contributed by atoms with Crippen LogP contribution in [0.3, 0.4) is 0 Å². The van der Waals surface area contributed by atoms with E-state index in [2.05, 4.69) is 16.0 Å². The van der Waals surface area contributed by atoms with Gasteiger partial charge in [0.1, 0.15) is 0 Å². The van der Waals surface area contributed by atoms with Crippen LogP contribution in [0.2, 0.25) is 0 Å². The average molecular weight is 336 g/mol. The van der Waals surface area contributed by atoms with Crippen molar-refractivity contribution >= 4 is 11.9 Å². The lowest BCUT2D eigenvalue weighted by molar-refractivity contribution is -0.131. The molecule has 24 heavy (non-hydrogen) atoms.